The van der Waals surface area contributed by atoms with Crippen LogP contribution in [0.15, 0.2) is 29.2 Å². The molecule has 0 amide bonds. The summed E-state index contributed by atoms with van der Waals surface area (Å²) in [6, 6.07) is 6.11. The van der Waals surface area contributed by atoms with Crippen molar-refractivity contribution in [2.75, 3.05) is 13.1 Å². The molecular weight excluding hydrogens is 328 g/mol. The molecule has 1 aromatic carbocycles. The number of aromatic nitrogens is 1. The normalized spacial score (nSPS) is 15.1. The van der Waals surface area contributed by atoms with Gasteiger partial charge in [-0.05, 0) is 37.1 Å². The Hall–Kier alpha value is -1.99. The lowest BCUT2D eigenvalue weighted by molar-refractivity contribution is 0.0698. The van der Waals surface area contributed by atoms with Gasteiger partial charge in [0, 0.05) is 30.1 Å². The smallest absolute Gasteiger partial charge is 0.336 e. The molecule has 7 heteroatoms. The van der Waals surface area contributed by atoms with Crippen LogP contribution in [0.1, 0.15) is 48.7 Å². The third-order valence-corrected chi connectivity index (χ3v) is 6.42. The second-order valence-corrected chi connectivity index (χ2v) is 7.88. The molecule has 1 aliphatic carbocycles. The van der Waals surface area contributed by atoms with Crippen molar-refractivity contribution >= 4 is 26.9 Å². The number of benzene rings is 1. The van der Waals surface area contributed by atoms with Gasteiger partial charge in [0.25, 0.3) is 0 Å². The van der Waals surface area contributed by atoms with Crippen molar-refractivity contribution in [1.82, 2.24) is 9.29 Å². The number of fused-ring (bicyclic) bond motifs is 1. The minimum Gasteiger partial charge on any atom is -0.478 e. The summed E-state index contributed by atoms with van der Waals surface area (Å²) in [5, 5.41) is 9.88. The Bertz CT molecular complexity index is 900. The average molecular weight is 348 g/mol. The van der Waals surface area contributed by atoms with Crippen LogP contribution in [0.3, 0.4) is 0 Å². The largest absolute Gasteiger partial charge is 0.478 e. The van der Waals surface area contributed by atoms with Crippen molar-refractivity contribution in [2.24, 2.45) is 0 Å². The van der Waals surface area contributed by atoms with Crippen molar-refractivity contribution in [2.45, 2.75) is 37.5 Å². The summed E-state index contributed by atoms with van der Waals surface area (Å²) < 4.78 is 26.7. The second kappa shape index (κ2) is 6.14. The Morgan fingerprint density at radius 3 is 2.46 bits per heavy atom. The summed E-state index contributed by atoms with van der Waals surface area (Å²) in [4.78, 5) is 16.2. The van der Waals surface area contributed by atoms with Crippen LogP contribution in [-0.4, -0.2) is 41.9 Å². The fourth-order valence-corrected chi connectivity index (χ4v) is 4.35. The van der Waals surface area contributed by atoms with Gasteiger partial charge in [-0.2, -0.15) is 4.31 Å². The summed E-state index contributed by atoms with van der Waals surface area (Å²) in [7, 11) is -3.64. The summed E-state index contributed by atoms with van der Waals surface area (Å²) in [5.41, 5.74) is 1.41. The molecule has 0 aliphatic heterocycles. The summed E-state index contributed by atoms with van der Waals surface area (Å²) in [6.45, 7) is 4.27. The van der Waals surface area contributed by atoms with Crippen LogP contribution in [0.5, 0.6) is 0 Å². The standard InChI is InChI=1S/C17H20N2O4S/c1-3-19(4-2)24(22,23)12-7-8-15-13(9-12)14(17(20)21)10-16(18-15)11-5-6-11/h7-11H,3-6H2,1-2H3,(H,20,21). The van der Waals surface area contributed by atoms with Gasteiger partial charge in [0.15, 0.2) is 0 Å². The van der Waals surface area contributed by atoms with E-state index in [0.717, 1.165) is 18.5 Å². The van der Waals surface area contributed by atoms with Crippen LogP contribution in [0.25, 0.3) is 10.9 Å². The molecule has 24 heavy (non-hydrogen) atoms. The number of carboxylic acid groups (broad SMARTS) is 1. The number of sulfonamides is 1. The van der Waals surface area contributed by atoms with E-state index in [0.29, 0.717) is 29.9 Å². The zero-order valence-electron chi connectivity index (χ0n) is 13.7. The first-order valence-electron chi connectivity index (χ1n) is 8.06. The molecule has 1 aromatic heterocycles. The Balaban J connectivity index is 2.19. The van der Waals surface area contributed by atoms with E-state index in [1.165, 1.54) is 16.4 Å². The minimum atomic E-state index is -3.64. The number of hydrogen-bond acceptors (Lipinski definition) is 4. The van der Waals surface area contributed by atoms with Crippen LogP contribution >= 0.6 is 0 Å². The predicted molar refractivity (Wildman–Crippen MR) is 90.8 cm³/mol. The van der Waals surface area contributed by atoms with E-state index in [1.807, 2.05) is 0 Å². The van der Waals surface area contributed by atoms with Crippen molar-refractivity contribution in [3.8, 4) is 0 Å². The van der Waals surface area contributed by atoms with Gasteiger partial charge < -0.3 is 5.11 Å². The minimum absolute atomic E-state index is 0.0992. The van der Waals surface area contributed by atoms with Crippen molar-refractivity contribution in [3.05, 3.63) is 35.5 Å². The van der Waals surface area contributed by atoms with E-state index in [4.69, 9.17) is 0 Å². The molecule has 1 fully saturated rings. The average Bonchev–Trinajstić information content (AvgIpc) is 3.38. The van der Waals surface area contributed by atoms with Crippen molar-refractivity contribution in [1.29, 1.82) is 0 Å². The first kappa shape index (κ1) is 16.9. The maximum atomic E-state index is 12.7. The molecule has 0 saturated heterocycles. The highest BCUT2D eigenvalue weighted by atomic mass is 32.2. The lowest BCUT2D eigenvalue weighted by Gasteiger charge is -2.19. The van der Waals surface area contributed by atoms with Crippen LogP contribution in [-0.2, 0) is 10.0 Å². The van der Waals surface area contributed by atoms with E-state index in [-0.39, 0.29) is 10.5 Å². The van der Waals surface area contributed by atoms with E-state index in [1.54, 1.807) is 26.0 Å². The SMILES string of the molecule is CCN(CC)S(=O)(=O)c1ccc2nc(C3CC3)cc(C(=O)O)c2c1. The first-order valence-corrected chi connectivity index (χ1v) is 9.50. The van der Waals surface area contributed by atoms with Crippen LogP contribution in [0.2, 0.25) is 0 Å². The monoisotopic (exact) mass is 348 g/mol. The number of pyridine rings is 1. The molecule has 1 heterocycles. The maximum absolute atomic E-state index is 12.7. The third-order valence-electron chi connectivity index (χ3n) is 4.37. The predicted octanol–water partition coefficient (Wildman–Crippen LogP) is 2.84. The lowest BCUT2D eigenvalue weighted by atomic mass is 10.1. The van der Waals surface area contributed by atoms with Gasteiger partial charge in [0.1, 0.15) is 0 Å². The quantitative estimate of drug-likeness (QED) is 0.867. The van der Waals surface area contributed by atoms with Crippen molar-refractivity contribution < 1.29 is 18.3 Å². The van der Waals surface area contributed by atoms with Gasteiger partial charge in [-0.15, -0.1) is 0 Å². The molecule has 0 radical (unpaired) electrons. The van der Waals surface area contributed by atoms with E-state index >= 15 is 0 Å². The highest BCUT2D eigenvalue weighted by Crippen LogP contribution is 2.40. The number of rotatable bonds is 6. The maximum Gasteiger partial charge on any atom is 0.336 e. The van der Waals surface area contributed by atoms with Crippen LogP contribution < -0.4 is 0 Å². The molecule has 1 saturated carbocycles. The molecule has 1 aliphatic rings. The fraction of sp³-hybridized carbons (Fsp3) is 0.412. The molecule has 1 N–H and O–H groups in total. The fourth-order valence-electron chi connectivity index (χ4n) is 2.86. The van der Waals surface area contributed by atoms with Gasteiger partial charge in [-0.25, -0.2) is 13.2 Å². The third kappa shape index (κ3) is 2.89. The molecule has 0 unspecified atom stereocenters. The number of carboxylic acids is 1. The lowest BCUT2D eigenvalue weighted by Crippen LogP contribution is -2.30. The zero-order chi connectivity index (χ0) is 17.5. The molecule has 0 spiro atoms. The van der Waals surface area contributed by atoms with Gasteiger partial charge in [-0.3, -0.25) is 4.98 Å². The van der Waals surface area contributed by atoms with E-state index < -0.39 is 16.0 Å². The Morgan fingerprint density at radius 2 is 1.92 bits per heavy atom. The molecule has 128 valence electrons. The van der Waals surface area contributed by atoms with E-state index in [9.17, 15) is 18.3 Å². The van der Waals surface area contributed by atoms with Gasteiger partial charge in [0.2, 0.25) is 10.0 Å². The van der Waals surface area contributed by atoms with Gasteiger partial charge >= 0.3 is 5.97 Å². The Kier molecular flexibility index (Phi) is 4.31. The molecule has 2 aromatic rings. The summed E-state index contributed by atoms with van der Waals surface area (Å²) in [5.74, 6) is -0.742. The van der Waals surface area contributed by atoms with Crippen molar-refractivity contribution in [3.63, 3.8) is 0 Å². The summed E-state index contributed by atoms with van der Waals surface area (Å²) >= 11 is 0. The number of nitrogens with zero attached hydrogens (tertiary/aromatic N) is 2. The highest BCUT2D eigenvalue weighted by Gasteiger charge is 2.28. The number of aromatic carboxylic acids is 1. The summed E-state index contributed by atoms with van der Waals surface area (Å²) in [6.07, 6.45) is 2.04. The van der Waals surface area contributed by atoms with Gasteiger partial charge in [-0.1, -0.05) is 13.8 Å². The number of hydrogen-bond donors (Lipinski definition) is 1. The highest BCUT2D eigenvalue weighted by molar-refractivity contribution is 7.89. The first-order chi connectivity index (χ1) is 11.4. The molecule has 0 bridgehead atoms. The van der Waals surface area contributed by atoms with Crippen LogP contribution in [0, 0.1) is 0 Å². The molecular formula is C17H20N2O4S. The second-order valence-electron chi connectivity index (χ2n) is 5.94. The molecule has 6 nitrogen and oxygen atoms in total. The Morgan fingerprint density at radius 1 is 1.25 bits per heavy atom. The van der Waals surface area contributed by atoms with Gasteiger partial charge in [0.05, 0.1) is 16.0 Å². The molecule has 0 atom stereocenters. The Labute approximate surface area is 141 Å². The van der Waals surface area contributed by atoms with Crippen LogP contribution in [0.4, 0.5) is 0 Å². The molecule has 3 rings (SSSR count). The topological polar surface area (TPSA) is 87.6 Å². The zero-order valence-corrected chi connectivity index (χ0v) is 14.5. The number of carbonyl (C=O) groups is 1. The van der Waals surface area contributed by atoms with E-state index in [2.05, 4.69) is 4.98 Å².